The second-order valence-electron chi connectivity index (χ2n) is 5.23. The van der Waals surface area contributed by atoms with Gasteiger partial charge in [-0.25, -0.2) is 4.39 Å². The summed E-state index contributed by atoms with van der Waals surface area (Å²) in [5.41, 5.74) is 1.38. The van der Waals surface area contributed by atoms with E-state index in [1.54, 1.807) is 6.07 Å². The zero-order valence-corrected chi connectivity index (χ0v) is 13.1. The first-order valence-corrected chi connectivity index (χ1v) is 7.49. The third-order valence-corrected chi connectivity index (χ3v) is 4.01. The summed E-state index contributed by atoms with van der Waals surface area (Å²) in [5, 5.41) is 10.9. The summed E-state index contributed by atoms with van der Waals surface area (Å²) in [5.74, 6) is -0.578. The molecular formula is C16H12ClFN2O4. The number of ether oxygens (including phenoxy) is 1. The van der Waals surface area contributed by atoms with E-state index in [-0.39, 0.29) is 29.0 Å². The average molecular weight is 351 g/mol. The van der Waals surface area contributed by atoms with Crippen LogP contribution in [0.2, 0.25) is 5.02 Å². The molecule has 2 aromatic rings. The van der Waals surface area contributed by atoms with E-state index in [1.165, 1.54) is 29.2 Å². The van der Waals surface area contributed by atoms with E-state index in [0.29, 0.717) is 18.7 Å². The van der Waals surface area contributed by atoms with Crippen LogP contribution in [0, 0.1) is 15.9 Å². The molecule has 0 N–H and O–H groups in total. The van der Waals surface area contributed by atoms with E-state index in [9.17, 15) is 19.3 Å². The van der Waals surface area contributed by atoms with Gasteiger partial charge in [0.1, 0.15) is 11.6 Å². The highest BCUT2D eigenvalue weighted by Crippen LogP contribution is 2.31. The largest absolute Gasteiger partial charge is 0.482 e. The second kappa shape index (κ2) is 6.45. The van der Waals surface area contributed by atoms with Crippen molar-refractivity contribution in [3.8, 4) is 5.75 Å². The number of carbonyl (C=O) groups excluding carboxylic acids is 1. The van der Waals surface area contributed by atoms with Gasteiger partial charge in [-0.1, -0.05) is 11.6 Å². The zero-order chi connectivity index (χ0) is 17.3. The third kappa shape index (κ3) is 3.16. The van der Waals surface area contributed by atoms with Crippen LogP contribution in [0.15, 0.2) is 36.4 Å². The minimum atomic E-state index is -0.492. The van der Waals surface area contributed by atoms with Gasteiger partial charge in [-0.15, -0.1) is 0 Å². The number of hydrogen-bond acceptors (Lipinski definition) is 4. The molecule has 1 amide bonds. The molecule has 2 aromatic carbocycles. The summed E-state index contributed by atoms with van der Waals surface area (Å²) < 4.78 is 18.3. The molecule has 1 heterocycles. The van der Waals surface area contributed by atoms with Crippen LogP contribution in [0.5, 0.6) is 5.75 Å². The van der Waals surface area contributed by atoms with Crippen molar-refractivity contribution in [2.75, 3.05) is 18.1 Å². The number of nitro benzene ring substituents is 1. The van der Waals surface area contributed by atoms with Crippen molar-refractivity contribution in [3.63, 3.8) is 0 Å². The highest BCUT2D eigenvalue weighted by molar-refractivity contribution is 6.32. The molecule has 3 rings (SSSR count). The minimum Gasteiger partial charge on any atom is -0.482 e. The number of non-ortho nitro benzene ring substituents is 1. The normalized spacial score (nSPS) is 12.8. The van der Waals surface area contributed by atoms with Crippen LogP contribution in [-0.4, -0.2) is 24.0 Å². The Morgan fingerprint density at radius 1 is 1.33 bits per heavy atom. The average Bonchev–Trinajstić information content (AvgIpc) is 2.96. The maximum absolute atomic E-state index is 13.0. The van der Waals surface area contributed by atoms with E-state index < -0.39 is 10.7 Å². The smallest absolute Gasteiger partial charge is 0.269 e. The summed E-state index contributed by atoms with van der Waals surface area (Å²) in [6, 6.07) is 8.04. The van der Waals surface area contributed by atoms with Crippen LogP contribution in [0.3, 0.4) is 0 Å². The van der Waals surface area contributed by atoms with Crippen LogP contribution < -0.4 is 9.64 Å². The highest BCUT2D eigenvalue weighted by Gasteiger charge is 2.26. The lowest BCUT2D eigenvalue weighted by Gasteiger charge is -2.17. The van der Waals surface area contributed by atoms with Crippen molar-refractivity contribution in [3.05, 3.63) is 62.9 Å². The molecule has 0 aliphatic carbocycles. The fourth-order valence-electron chi connectivity index (χ4n) is 2.57. The zero-order valence-electron chi connectivity index (χ0n) is 12.4. The van der Waals surface area contributed by atoms with Gasteiger partial charge < -0.3 is 9.64 Å². The van der Waals surface area contributed by atoms with Crippen LogP contribution in [0.4, 0.5) is 15.8 Å². The van der Waals surface area contributed by atoms with E-state index in [4.69, 9.17) is 16.3 Å². The van der Waals surface area contributed by atoms with Crippen LogP contribution in [0.1, 0.15) is 5.56 Å². The lowest BCUT2D eigenvalue weighted by Crippen LogP contribution is -2.33. The van der Waals surface area contributed by atoms with Gasteiger partial charge in [0.15, 0.2) is 6.61 Å². The highest BCUT2D eigenvalue weighted by atomic mass is 35.5. The van der Waals surface area contributed by atoms with Gasteiger partial charge in [0, 0.05) is 24.4 Å². The topological polar surface area (TPSA) is 72.7 Å². The van der Waals surface area contributed by atoms with Crippen molar-refractivity contribution in [2.45, 2.75) is 6.42 Å². The molecule has 0 unspecified atom stereocenters. The van der Waals surface area contributed by atoms with E-state index >= 15 is 0 Å². The van der Waals surface area contributed by atoms with Gasteiger partial charge in [-0.3, -0.25) is 14.9 Å². The lowest BCUT2D eigenvalue weighted by atomic mass is 10.1. The van der Waals surface area contributed by atoms with Crippen molar-refractivity contribution in [1.29, 1.82) is 0 Å². The SMILES string of the molecule is O=C(COc1ccc(F)cc1Cl)N1CCc2cc([N+](=O)[O-])ccc21. The lowest BCUT2D eigenvalue weighted by molar-refractivity contribution is -0.384. The number of amides is 1. The molecule has 24 heavy (non-hydrogen) atoms. The van der Waals surface area contributed by atoms with E-state index in [2.05, 4.69) is 0 Å². The molecule has 0 bridgehead atoms. The monoisotopic (exact) mass is 350 g/mol. The first-order chi connectivity index (χ1) is 11.5. The van der Waals surface area contributed by atoms with Gasteiger partial charge in [-0.2, -0.15) is 0 Å². The molecule has 0 saturated heterocycles. The predicted octanol–water partition coefficient (Wildman–Crippen LogP) is 3.36. The Morgan fingerprint density at radius 3 is 2.83 bits per heavy atom. The summed E-state index contributed by atoms with van der Waals surface area (Å²) >= 11 is 5.85. The van der Waals surface area contributed by atoms with Gasteiger partial charge in [0.25, 0.3) is 11.6 Å². The quantitative estimate of drug-likeness (QED) is 0.626. The molecule has 6 nitrogen and oxygen atoms in total. The van der Waals surface area contributed by atoms with Crippen molar-refractivity contribution in [1.82, 2.24) is 0 Å². The maximum Gasteiger partial charge on any atom is 0.269 e. The molecule has 8 heteroatoms. The summed E-state index contributed by atoms with van der Waals surface area (Å²) in [6.45, 7) is 0.164. The summed E-state index contributed by atoms with van der Waals surface area (Å²) in [4.78, 5) is 24.2. The Kier molecular flexibility index (Phi) is 4.35. The Bertz CT molecular complexity index is 828. The van der Waals surface area contributed by atoms with Crippen molar-refractivity contribution in [2.24, 2.45) is 0 Å². The molecular weight excluding hydrogens is 339 g/mol. The Morgan fingerprint density at radius 2 is 2.12 bits per heavy atom. The number of halogens is 2. The number of nitrogens with zero attached hydrogens (tertiary/aromatic N) is 2. The summed E-state index contributed by atoms with van der Waals surface area (Å²) in [7, 11) is 0. The molecule has 0 radical (unpaired) electrons. The molecule has 1 aliphatic rings. The first kappa shape index (κ1) is 16.2. The molecule has 0 spiro atoms. The number of nitro groups is 1. The third-order valence-electron chi connectivity index (χ3n) is 3.72. The molecule has 0 fully saturated rings. The number of carbonyl (C=O) groups is 1. The van der Waals surface area contributed by atoms with Gasteiger partial charge in [0.05, 0.1) is 9.95 Å². The predicted molar refractivity (Wildman–Crippen MR) is 86.1 cm³/mol. The minimum absolute atomic E-state index is 0.00241. The van der Waals surface area contributed by atoms with Crippen LogP contribution in [0.25, 0.3) is 0 Å². The summed E-state index contributed by atoms with van der Waals surface area (Å²) in [6.07, 6.45) is 0.542. The molecule has 0 saturated carbocycles. The molecule has 0 aromatic heterocycles. The Hall–Kier alpha value is -2.67. The van der Waals surface area contributed by atoms with E-state index in [0.717, 1.165) is 11.6 Å². The van der Waals surface area contributed by atoms with Crippen molar-refractivity contribution < 1.29 is 18.8 Å². The fourth-order valence-corrected chi connectivity index (χ4v) is 2.79. The second-order valence-corrected chi connectivity index (χ2v) is 5.64. The fraction of sp³-hybridized carbons (Fsp3) is 0.188. The Labute approximate surface area is 141 Å². The number of anilines is 1. The Balaban J connectivity index is 1.70. The number of benzene rings is 2. The van der Waals surface area contributed by atoms with E-state index in [1.807, 2.05) is 0 Å². The number of rotatable bonds is 4. The molecule has 0 atom stereocenters. The number of fused-ring (bicyclic) bond motifs is 1. The van der Waals surface area contributed by atoms with Gasteiger partial charge in [0.2, 0.25) is 0 Å². The first-order valence-electron chi connectivity index (χ1n) is 7.11. The van der Waals surface area contributed by atoms with Gasteiger partial charge >= 0.3 is 0 Å². The van der Waals surface area contributed by atoms with Crippen molar-refractivity contribution >= 4 is 28.9 Å². The standard InChI is InChI=1S/C16H12ClFN2O4/c17-13-8-11(18)1-4-15(13)24-9-16(21)19-6-5-10-7-12(20(22)23)2-3-14(10)19/h1-4,7-8H,5-6,9H2. The van der Waals surface area contributed by atoms with Crippen LogP contribution >= 0.6 is 11.6 Å². The van der Waals surface area contributed by atoms with Gasteiger partial charge in [-0.05, 0) is 36.2 Å². The number of hydrogen-bond donors (Lipinski definition) is 0. The van der Waals surface area contributed by atoms with Crippen LogP contribution in [-0.2, 0) is 11.2 Å². The molecule has 1 aliphatic heterocycles. The molecule has 124 valence electrons. The maximum atomic E-state index is 13.0.